The number of hydrogen-bond donors (Lipinski definition) is 0. The van der Waals surface area contributed by atoms with E-state index in [9.17, 15) is 9.59 Å². The van der Waals surface area contributed by atoms with Crippen molar-refractivity contribution in [2.45, 2.75) is 13.5 Å². The Morgan fingerprint density at radius 3 is 2.53 bits per heavy atom. The maximum atomic E-state index is 11.8. The molecule has 1 aromatic rings. The summed E-state index contributed by atoms with van der Waals surface area (Å²) in [5.74, 6) is 0. The first-order valence-electron chi connectivity index (χ1n) is 4.60. The van der Waals surface area contributed by atoms with E-state index in [1.165, 1.54) is 16.9 Å². The van der Waals surface area contributed by atoms with E-state index in [1.807, 2.05) is 0 Å². The summed E-state index contributed by atoms with van der Waals surface area (Å²) in [4.78, 5) is 23.4. The number of hydrogen-bond acceptors (Lipinski definition) is 3. The molecule has 0 spiro atoms. The summed E-state index contributed by atoms with van der Waals surface area (Å²) in [5.41, 5.74) is -0.0846. The maximum absolute atomic E-state index is 11.8. The minimum atomic E-state index is -0.351. The lowest BCUT2D eigenvalue weighted by molar-refractivity contribution is 0.590. The Labute approximate surface area is 87.8 Å². The summed E-state index contributed by atoms with van der Waals surface area (Å²) in [5, 5.41) is 1.62. The lowest BCUT2D eigenvalue weighted by atomic mass is 10.4. The average molecular weight is 209 g/mol. The lowest BCUT2D eigenvalue weighted by Gasteiger charge is -2.17. The SMILES string of the molecule is C=CCn1c(=O)c(C)cn(N(C)C)c1=O. The van der Waals surface area contributed by atoms with Crippen LogP contribution in [-0.2, 0) is 6.54 Å². The standard InChI is InChI=1S/C10H15N3O2/c1-5-6-12-9(14)8(2)7-13(10(12)15)11(3)4/h5,7H,1,6H2,2-4H3. The normalized spacial score (nSPS) is 10.1. The second-order valence-electron chi connectivity index (χ2n) is 3.49. The summed E-state index contributed by atoms with van der Waals surface area (Å²) < 4.78 is 2.54. The van der Waals surface area contributed by atoms with Crippen LogP contribution in [0.1, 0.15) is 5.56 Å². The van der Waals surface area contributed by atoms with Crippen molar-refractivity contribution in [2.75, 3.05) is 19.1 Å². The zero-order valence-electron chi connectivity index (χ0n) is 9.23. The van der Waals surface area contributed by atoms with Gasteiger partial charge in [0.25, 0.3) is 5.56 Å². The highest BCUT2D eigenvalue weighted by molar-refractivity contribution is 5.04. The van der Waals surface area contributed by atoms with Gasteiger partial charge in [0.2, 0.25) is 0 Å². The highest BCUT2D eigenvalue weighted by Crippen LogP contribution is 1.86. The Balaban J connectivity index is 3.56. The van der Waals surface area contributed by atoms with Crippen molar-refractivity contribution in [1.82, 2.24) is 9.24 Å². The predicted octanol–water partition coefficient (Wildman–Crippen LogP) is -0.298. The van der Waals surface area contributed by atoms with Crippen molar-refractivity contribution in [1.29, 1.82) is 0 Å². The summed E-state index contributed by atoms with van der Waals surface area (Å²) in [6.45, 7) is 5.43. The van der Waals surface area contributed by atoms with Gasteiger partial charge in [-0.1, -0.05) is 6.08 Å². The number of aromatic nitrogens is 2. The minimum absolute atomic E-state index is 0.229. The molecule has 0 aliphatic heterocycles. The third kappa shape index (κ3) is 2.01. The van der Waals surface area contributed by atoms with E-state index < -0.39 is 0 Å². The van der Waals surface area contributed by atoms with E-state index in [-0.39, 0.29) is 17.8 Å². The van der Waals surface area contributed by atoms with Crippen molar-refractivity contribution < 1.29 is 0 Å². The van der Waals surface area contributed by atoms with Gasteiger partial charge in [-0.25, -0.2) is 9.47 Å². The first-order chi connectivity index (χ1) is 6.99. The Hall–Kier alpha value is -1.78. The highest BCUT2D eigenvalue weighted by Gasteiger charge is 2.07. The van der Waals surface area contributed by atoms with Gasteiger partial charge in [-0.05, 0) is 6.92 Å². The molecule has 0 fully saturated rings. The van der Waals surface area contributed by atoms with Crippen molar-refractivity contribution in [3.63, 3.8) is 0 Å². The smallest absolute Gasteiger partial charge is 0.315 e. The van der Waals surface area contributed by atoms with Crippen LogP contribution in [0.25, 0.3) is 0 Å². The molecular weight excluding hydrogens is 194 g/mol. The third-order valence-corrected chi connectivity index (χ3v) is 2.07. The average Bonchev–Trinajstić information content (AvgIpc) is 2.18. The highest BCUT2D eigenvalue weighted by atomic mass is 16.2. The van der Waals surface area contributed by atoms with Crippen LogP contribution in [-0.4, -0.2) is 23.3 Å². The van der Waals surface area contributed by atoms with Crippen LogP contribution >= 0.6 is 0 Å². The molecule has 1 heterocycles. The molecule has 5 heteroatoms. The first kappa shape index (κ1) is 11.3. The molecule has 0 aliphatic carbocycles. The Morgan fingerprint density at radius 1 is 1.47 bits per heavy atom. The van der Waals surface area contributed by atoms with Gasteiger partial charge in [0, 0.05) is 32.4 Å². The third-order valence-electron chi connectivity index (χ3n) is 2.07. The van der Waals surface area contributed by atoms with Crippen molar-refractivity contribution in [3.05, 3.63) is 45.3 Å². The molecule has 15 heavy (non-hydrogen) atoms. The maximum Gasteiger partial charge on any atom is 0.349 e. The fourth-order valence-electron chi connectivity index (χ4n) is 1.29. The summed E-state index contributed by atoms with van der Waals surface area (Å²) in [6, 6.07) is 0. The van der Waals surface area contributed by atoms with Crippen molar-refractivity contribution in [2.24, 2.45) is 0 Å². The van der Waals surface area contributed by atoms with Gasteiger partial charge in [-0.15, -0.1) is 6.58 Å². The molecule has 0 saturated carbocycles. The Bertz CT molecular complexity index is 482. The van der Waals surface area contributed by atoms with Crippen LogP contribution in [0.4, 0.5) is 0 Å². The van der Waals surface area contributed by atoms with E-state index in [0.717, 1.165) is 4.57 Å². The minimum Gasteiger partial charge on any atom is -0.315 e. The zero-order chi connectivity index (χ0) is 11.6. The van der Waals surface area contributed by atoms with E-state index in [4.69, 9.17) is 0 Å². The molecule has 0 unspecified atom stereocenters. The molecule has 0 saturated heterocycles. The monoisotopic (exact) mass is 209 g/mol. The fraction of sp³-hybridized carbons (Fsp3) is 0.400. The van der Waals surface area contributed by atoms with Crippen LogP contribution in [0, 0.1) is 6.92 Å². The molecule has 0 radical (unpaired) electrons. The quantitative estimate of drug-likeness (QED) is 0.642. The topological polar surface area (TPSA) is 47.2 Å². The van der Waals surface area contributed by atoms with E-state index in [2.05, 4.69) is 6.58 Å². The Kier molecular flexibility index (Phi) is 3.14. The molecule has 82 valence electrons. The molecule has 5 nitrogen and oxygen atoms in total. The predicted molar refractivity (Wildman–Crippen MR) is 60.0 cm³/mol. The van der Waals surface area contributed by atoms with Crippen molar-refractivity contribution >= 4 is 0 Å². The largest absolute Gasteiger partial charge is 0.349 e. The summed E-state index contributed by atoms with van der Waals surface area (Å²) in [6.07, 6.45) is 3.06. The van der Waals surface area contributed by atoms with Gasteiger partial charge in [-0.2, -0.15) is 0 Å². The molecule has 1 aromatic heterocycles. The second-order valence-corrected chi connectivity index (χ2v) is 3.49. The van der Waals surface area contributed by atoms with Gasteiger partial charge in [0.1, 0.15) is 0 Å². The zero-order valence-corrected chi connectivity index (χ0v) is 9.23. The molecular formula is C10H15N3O2. The molecule has 0 aromatic carbocycles. The van der Waals surface area contributed by atoms with Crippen molar-refractivity contribution in [3.8, 4) is 0 Å². The van der Waals surface area contributed by atoms with Crippen LogP contribution in [0.5, 0.6) is 0 Å². The second kappa shape index (κ2) is 4.16. The molecule has 0 amide bonds. The Morgan fingerprint density at radius 2 is 2.07 bits per heavy atom. The van der Waals surface area contributed by atoms with E-state index >= 15 is 0 Å². The molecule has 0 bridgehead atoms. The van der Waals surface area contributed by atoms with E-state index in [0.29, 0.717) is 5.56 Å². The first-order valence-corrected chi connectivity index (χ1v) is 4.60. The number of aryl methyl sites for hydroxylation is 1. The number of allylic oxidation sites excluding steroid dienone is 1. The van der Waals surface area contributed by atoms with Crippen LogP contribution in [0.3, 0.4) is 0 Å². The molecule has 0 aliphatic rings. The molecule has 1 rings (SSSR count). The molecule has 0 N–H and O–H groups in total. The van der Waals surface area contributed by atoms with Crippen LogP contribution in [0.15, 0.2) is 28.4 Å². The molecule has 0 atom stereocenters. The van der Waals surface area contributed by atoms with Crippen LogP contribution < -0.4 is 16.3 Å². The van der Waals surface area contributed by atoms with E-state index in [1.54, 1.807) is 26.0 Å². The van der Waals surface area contributed by atoms with Gasteiger partial charge in [-0.3, -0.25) is 9.36 Å². The van der Waals surface area contributed by atoms with Gasteiger partial charge < -0.3 is 5.01 Å². The fourth-order valence-corrected chi connectivity index (χ4v) is 1.29. The summed E-state index contributed by atoms with van der Waals surface area (Å²) in [7, 11) is 3.48. The number of nitrogens with zero attached hydrogens (tertiary/aromatic N) is 3. The van der Waals surface area contributed by atoms with Gasteiger partial charge in [0.05, 0.1) is 0 Å². The van der Waals surface area contributed by atoms with Gasteiger partial charge in [0.15, 0.2) is 0 Å². The van der Waals surface area contributed by atoms with Crippen LogP contribution in [0.2, 0.25) is 0 Å². The van der Waals surface area contributed by atoms with Gasteiger partial charge >= 0.3 is 5.69 Å². The summed E-state index contributed by atoms with van der Waals surface area (Å²) >= 11 is 0. The number of rotatable bonds is 3. The lowest BCUT2D eigenvalue weighted by Crippen LogP contribution is -2.46.